The third kappa shape index (κ3) is 6.88. The Morgan fingerprint density at radius 3 is 2.79 bits per heavy atom. The number of nitriles is 1. The van der Waals surface area contributed by atoms with Crippen LogP contribution in [0.15, 0.2) is 24.3 Å². The quantitative estimate of drug-likeness (QED) is 0.832. The van der Waals surface area contributed by atoms with E-state index < -0.39 is 0 Å². The van der Waals surface area contributed by atoms with Crippen molar-refractivity contribution in [3.63, 3.8) is 0 Å². The Balaban J connectivity index is 2.33. The zero-order valence-electron chi connectivity index (χ0n) is 11.7. The van der Waals surface area contributed by atoms with Gasteiger partial charge in [0.05, 0.1) is 11.6 Å². The first kappa shape index (κ1) is 15.6. The minimum absolute atomic E-state index is 0.00426. The summed E-state index contributed by atoms with van der Waals surface area (Å²) in [5.74, 6) is 0.986. The maximum absolute atomic E-state index is 11.7. The summed E-state index contributed by atoms with van der Waals surface area (Å²) < 4.78 is 0.248. The smallest absolute Gasteiger partial charge is 0.224 e. The fraction of sp³-hybridized carbons (Fsp3) is 0.467. The predicted octanol–water partition coefficient (Wildman–Crippen LogP) is 3.81. The first-order chi connectivity index (χ1) is 8.90. The Bertz CT molecular complexity index is 472. The van der Waals surface area contributed by atoms with Crippen LogP contribution in [0, 0.1) is 11.3 Å². The van der Waals surface area contributed by atoms with Crippen LogP contribution >= 0.6 is 11.8 Å². The molecule has 0 radical (unpaired) electrons. The molecule has 4 heteroatoms. The van der Waals surface area contributed by atoms with Gasteiger partial charge in [-0.25, -0.2) is 0 Å². The number of carbonyl (C=O) groups is 1. The number of rotatable bonds is 5. The van der Waals surface area contributed by atoms with E-state index in [0.29, 0.717) is 17.7 Å². The van der Waals surface area contributed by atoms with E-state index in [4.69, 9.17) is 5.26 Å². The standard InChI is InChI=1S/C15H20N2OS/c1-15(2,3)19-9-5-8-14(18)17-13-7-4-6-12(10-13)11-16/h4,6-7,10H,5,8-9H2,1-3H3,(H,17,18). The Hall–Kier alpha value is -1.47. The summed E-state index contributed by atoms with van der Waals surface area (Å²) in [7, 11) is 0. The molecule has 1 aromatic carbocycles. The molecule has 0 heterocycles. The third-order valence-electron chi connectivity index (χ3n) is 2.36. The molecule has 1 rings (SSSR count). The van der Waals surface area contributed by atoms with Crippen LogP contribution in [0.4, 0.5) is 5.69 Å². The van der Waals surface area contributed by atoms with Gasteiger partial charge in [-0.2, -0.15) is 17.0 Å². The van der Waals surface area contributed by atoms with Gasteiger partial charge < -0.3 is 5.32 Å². The van der Waals surface area contributed by atoms with Crippen molar-refractivity contribution in [3.05, 3.63) is 29.8 Å². The van der Waals surface area contributed by atoms with E-state index in [0.717, 1.165) is 12.2 Å². The van der Waals surface area contributed by atoms with Gasteiger partial charge in [-0.3, -0.25) is 4.79 Å². The lowest BCUT2D eigenvalue weighted by Gasteiger charge is -2.17. The molecular formula is C15H20N2OS. The molecule has 1 N–H and O–H groups in total. The second kappa shape index (κ2) is 7.20. The molecule has 0 unspecified atom stereocenters. The lowest BCUT2D eigenvalue weighted by Crippen LogP contribution is -2.13. The molecule has 0 bridgehead atoms. The molecule has 0 aromatic heterocycles. The van der Waals surface area contributed by atoms with Crippen molar-refractivity contribution in [2.75, 3.05) is 11.1 Å². The van der Waals surface area contributed by atoms with Gasteiger partial charge in [-0.05, 0) is 30.4 Å². The van der Waals surface area contributed by atoms with Crippen LogP contribution in [0.25, 0.3) is 0 Å². The van der Waals surface area contributed by atoms with Crippen LogP contribution in [0.1, 0.15) is 39.2 Å². The molecule has 0 aliphatic rings. The lowest BCUT2D eigenvalue weighted by atomic mass is 10.2. The normalized spacial score (nSPS) is 10.8. The summed E-state index contributed by atoms with van der Waals surface area (Å²) in [6.45, 7) is 6.52. The summed E-state index contributed by atoms with van der Waals surface area (Å²) in [6, 6.07) is 9.02. The van der Waals surface area contributed by atoms with Gasteiger partial charge in [0, 0.05) is 16.9 Å². The minimum atomic E-state index is 0.00426. The van der Waals surface area contributed by atoms with E-state index in [1.54, 1.807) is 24.3 Å². The number of benzene rings is 1. The fourth-order valence-electron chi connectivity index (χ4n) is 1.50. The number of nitrogens with zero attached hydrogens (tertiary/aromatic N) is 1. The maximum atomic E-state index is 11.7. The molecule has 0 fully saturated rings. The van der Waals surface area contributed by atoms with Crippen LogP contribution in [0.5, 0.6) is 0 Å². The zero-order chi connectivity index (χ0) is 14.3. The van der Waals surface area contributed by atoms with Crippen LogP contribution in [0.2, 0.25) is 0 Å². The average molecular weight is 276 g/mol. The van der Waals surface area contributed by atoms with Crippen molar-refractivity contribution in [1.29, 1.82) is 5.26 Å². The Labute approximate surface area is 119 Å². The number of hydrogen-bond acceptors (Lipinski definition) is 3. The van der Waals surface area contributed by atoms with E-state index >= 15 is 0 Å². The number of carbonyl (C=O) groups excluding carboxylic acids is 1. The molecule has 19 heavy (non-hydrogen) atoms. The van der Waals surface area contributed by atoms with E-state index in [1.165, 1.54) is 0 Å². The summed E-state index contributed by atoms with van der Waals surface area (Å²) in [4.78, 5) is 11.7. The Kier molecular flexibility index (Phi) is 5.91. The first-order valence-corrected chi connectivity index (χ1v) is 7.33. The molecule has 1 amide bonds. The maximum Gasteiger partial charge on any atom is 0.224 e. The molecule has 0 aliphatic carbocycles. The van der Waals surface area contributed by atoms with Crippen molar-refractivity contribution in [2.24, 2.45) is 0 Å². The molecule has 102 valence electrons. The van der Waals surface area contributed by atoms with Gasteiger partial charge in [0.25, 0.3) is 0 Å². The van der Waals surface area contributed by atoms with Crippen molar-refractivity contribution in [2.45, 2.75) is 38.4 Å². The third-order valence-corrected chi connectivity index (χ3v) is 3.72. The molecule has 0 spiro atoms. The van der Waals surface area contributed by atoms with Gasteiger partial charge in [0.2, 0.25) is 5.91 Å². The molecule has 0 aliphatic heterocycles. The van der Waals surface area contributed by atoms with Crippen LogP contribution in [-0.2, 0) is 4.79 Å². The van der Waals surface area contributed by atoms with Gasteiger partial charge >= 0.3 is 0 Å². The Morgan fingerprint density at radius 1 is 1.42 bits per heavy atom. The number of anilines is 1. The summed E-state index contributed by atoms with van der Waals surface area (Å²) in [5.41, 5.74) is 1.24. The summed E-state index contributed by atoms with van der Waals surface area (Å²) in [5, 5.41) is 11.6. The topological polar surface area (TPSA) is 52.9 Å². The van der Waals surface area contributed by atoms with Crippen molar-refractivity contribution >= 4 is 23.4 Å². The highest BCUT2D eigenvalue weighted by molar-refractivity contribution is 8.00. The monoisotopic (exact) mass is 276 g/mol. The predicted molar refractivity (Wildman–Crippen MR) is 81.2 cm³/mol. The second-order valence-corrected chi connectivity index (χ2v) is 7.23. The SMILES string of the molecule is CC(C)(C)SCCCC(=O)Nc1cccc(C#N)c1. The highest BCUT2D eigenvalue weighted by Crippen LogP contribution is 2.24. The minimum Gasteiger partial charge on any atom is -0.326 e. The second-order valence-electron chi connectivity index (χ2n) is 5.31. The van der Waals surface area contributed by atoms with Gasteiger partial charge in [0.15, 0.2) is 0 Å². The van der Waals surface area contributed by atoms with Crippen LogP contribution in [-0.4, -0.2) is 16.4 Å². The molecule has 0 atom stereocenters. The number of hydrogen-bond donors (Lipinski definition) is 1. The molecule has 0 saturated heterocycles. The Morgan fingerprint density at radius 2 is 2.16 bits per heavy atom. The number of nitrogens with one attached hydrogen (secondary N) is 1. The fourth-order valence-corrected chi connectivity index (χ4v) is 2.40. The van der Waals surface area contributed by atoms with Crippen LogP contribution in [0.3, 0.4) is 0 Å². The van der Waals surface area contributed by atoms with Gasteiger partial charge in [0.1, 0.15) is 0 Å². The van der Waals surface area contributed by atoms with E-state index in [-0.39, 0.29) is 10.7 Å². The average Bonchev–Trinajstić information content (AvgIpc) is 2.34. The largest absolute Gasteiger partial charge is 0.326 e. The van der Waals surface area contributed by atoms with E-state index in [1.807, 2.05) is 11.8 Å². The first-order valence-electron chi connectivity index (χ1n) is 6.35. The van der Waals surface area contributed by atoms with E-state index in [9.17, 15) is 4.79 Å². The van der Waals surface area contributed by atoms with Gasteiger partial charge in [-0.1, -0.05) is 26.8 Å². The summed E-state index contributed by atoms with van der Waals surface area (Å²) in [6.07, 6.45) is 1.38. The van der Waals surface area contributed by atoms with Crippen molar-refractivity contribution in [1.82, 2.24) is 0 Å². The molecule has 0 saturated carbocycles. The highest BCUT2D eigenvalue weighted by atomic mass is 32.2. The van der Waals surface area contributed by atoms with Crippen LogP contribution < -0.4 is 5.32 Å². The molecule has 3 nitrogen and oxygen atoms in total. The highest BCUT2D eigenvalue weighted by Gasteiger charge is 2.10. The molecular weight excluding hydrogens is 256 g/mol. The van der Waals surface area contributed by atoms with Gasteiger partial charge in [-0.15, -0.1) is 0 Å². The number of amides is 1. The van der Waals surface area contributed by atoms with Crippen molar-refractivity contribution < 1.29 is 4.79 Å². The molecule has 1 aromatic rings. The lowest BCUT2D eigenvalue weighted by molar-refractivity contribution is -0.116. The van der Waals surface area contributed by atoms with E-state index in [2.05, 4.69) is 32.2 Å². The summed E-state index contributed by atoms with van der Waals surface area (Å²) >= 11 is 1.86. The van der Waals surface area contributed by atoms with Crippen molar-refractivity contribution in [3.8, 4) is 6.07 Å². The zero-order valence-corrected chi connectivity index (χ0v) is 12.5. The number of thioether (sulfide) groups is 1.